The second-order valence-corrected chi connectivity index (χ2v) is 9.88. The van der Waals surface area contributed by atoms with Crippen LogP contribution in [-0.2, 0) is 26.2 Å². The monoisotopic (exact) mass is 386 g/mol. The summed E-state index contributed by atoms with van der Waals surface area (Å²) >= 11 is 0. The van der Waals surface area contributed by atoms with E-state index in [1.807, 2.05) is 0 Å². The van der Waals surface area contributed by atoms with E-state index < -0.39 is 0 Å². The van der Waals surface area contributed by atoms with Crippen LogP contribution in [0.4, 0.5) is 0 Å². The molecule has 0 bridgehead atoms. The van der Waals surface area contributed by atoms with Crippen LogP contribution >= 0.6 is 0 Å². The molecule has 0 N–H and O–H groups in total. The highest BCUT2D eigenvalue weighted by molar-refractivity contribution is 5.70. The van der Waals surface area contributed by atoms with E-state index in [0.29, 0.717) is 5.75 Å². The summed E-state index contributed by atoms with van der Waals surface area (Å²) in [6, 6.07) is 4.28. The molecule has 0 aromatic heterocycles. The molecule has 4 nitrogen and oxygen atoms in total. The first-order valence-corrected chi connectivity index (χ1v) is 10.5. The predicted molar refractivity (Wildman–Crippen MR) is 110 cm³/mol. The van der Waals surface area contributed by atoms with Crippen LogP contribution in [0, 0.1) is 11.3 Å². The average molecular weight is 387 g/mol. The van der Waals surface area contributed by atoms with E-state index in [4.69, 9.17) is 9.47 Å². The molecule has 0 aliphatic heterocycles. The molecule has 1 aromatic carbocycles. The second kappa shape index (κ2) is 7.20. The molecule has 2 aliphatic rings. The molecule has 3 atom stereocenters. The lowest BCUT2D eigenvalue weighted by molar-refractivity contribution is -0.158. The van der Waals surface area contributed by atoms with Gasteiger partial charge in [-0.3, -0.25) is 9.59 Å². The highest BCUT2D eigenvalue weighted by atomic mass is 16.5. The van der Waals surface area contributed by atoms with Crippen molar-refractivity contribution in [3.05, 3.63) is 28.8 Å². The fourth-order valence-corrected chi connectivity index (χ4v) is 6.00. The van der Waals surface area contributed by atoms with Gasteiger partial charge in [0.05, 0.1) is 0 Å². The first-order chi connectivity index (χ1) is 13.0. The Morgan fingerprint density at radius 3 is 2.32 bits per heavy atom. The number of ether oxygens (including phenoxy) is 2. The van der Waals surface area contributed by atoms with Gasteiger partial charge in [-0.15, -0.1) is 0 Å². The Morgan fingerprint density at radius 1 is 1.07 bits per heavy atom. The van der Waals surface area contributed by atoms with Gasteiger partial charge in [0.15, 0.2) is 0 Å². The van der Waals surface area contributed by atoms with Gasteiger partial charge in [-0.2, -0.15) is 0 Å². The molecule has 0 amide bonds. The highest BCUT2D eigenvalue weighted by Gasteiger charge is 2.55. The van der Waals surface area contributed by atoms with E-state index >= 15 is 0 Å². The Labute approximate surface area is 169 Å². The minimum absolute atomic E-state index is 0.0725. The number of carbonyl (C=O) groups is 2. The largest absolute Gasteiger partial charge is 0.462 e. The van der Waals surface area contributed by atoms with Crippen molar-refractivity contribution in [1.29, 1.82) is 0 Å². The van der Waals surface area contributed by atoms with Gasteiger partial charge in [0, 0.05) is 26.2 Å². The van der Waals surface area contributed by atoms with Crippen LogP contribution in [0.2, 0.25) is 0 Å². The standard InChI is InChI=1S/C24H34O4/c1-14(2)18-11-17-12-21(28-16(4)26)22-23(5,6)9-8-10-24(22,7)19(17)13-20(18)27-15(3)25/h11,13-14,21-22H,8-10,12H2,1-7H3/t21-,22-,24+/m0/s1. The van der Waals surface area contributed by atoms with Crippen LogP contribution in [0.1, 0.15) is 90.3 Å². The lowest BCUT2D eigenvalue weighted by Gasteiger charge is -2.56. The SMILES string of the molecule is CC(=O)Oc1cc2c(cc1C(C)C)C[C@H](OC(C)=O)[C@H]1C(C)(C)CCC[C@]21C. The molecule has 154 valence electrons. The summed E-state index contributed by atoms with van der Waals surface area (Å²) in [7, 11) is 0. The number of hydrogen-bond acceptors (Lipinski definition) is 4. The summed E-state index contributed by atoms with van der Waals surface area (Å²) in [5.74, 6) is 0.648. The Bertz CT molecular complexity index is 792. The third-order valence-corrected chi connectivity index (χ3v) is 6.88. The summed E-state index contributed by atoms with van der Waals surface area (Å²) in [5.41, 5.74) is 3.48. The van der Waals surface area contributed by atoms with E-state index in [-0.39, 0.29) is 40.7 Å². The molecule has 0 spiro atoms. The minimum Gasteiger partial charge on any atom is -0.462 e. The summed E-state index contributed by atoms with van der Waals surface area (Å²) < 4.78 is 11.5. The molecule has 1 saturated carbocycles. The summed E-state index contributed by atoms with van der Waals surface area (Å²) in [4.78, 5) is 23.6. The fraction of sp³-hybridized carbons (Fsp3) is 0.667. The summed E-state index contributed by atoms with van der Waals surface area (Å²) in [6.45, 7) is 14.1. The number of rotatable bonds is 3. The summed E-state index contributed by atoms with van der Waals surface area (Å²) in [5, 5.41) is 0. The molecule has 0 unspecified atom stereocenters. The lowest BCUT2D eigenvalue weighted by atomic mass is 9.49. The van der Waals surface area contributed by atoms with Crippen molar-refractivity contribution >= 4 is 11.9 Å². The minimum atomic E-state index is -0.291. The highest BCUT2D eigenvalue weighted by Crippen LogP contribution is 2.58. The van der Waals surface area contributed by atoms with E-state index in [9.17, 15) is 9.59 Å². The van der Waals surface area contributed by atoms with Gasteiger partial charge < -0.3 is 9.47 Å². The Hall–Kier alpha value is -1.84. The maximum atomic E-state index is 11.9. The van der Waals surface area contributed by atoms with Gasteiger partial charge >= 0.3 is 11.9 Å². The predicted octanol–water partition coefficient (Wildman–Crippen LogP) is 5.31. The number of esters is 2. The molecule has 1 fully saturated rings. The number of fused-ring (bicyclic) bond motifs is 3. The quantitative estimate of drug-likeness (QED) is 0.522. The third kappa shape index (κ3) is 3.58. The normalized spacial score (nSPS) is 28.3. The van der Waals surface area contributed by atoms with Crippen molar-refractivity contribution in [1.82, 2.24) is 0 Å². The van der Waals surface area contributed by atoms with Crippen molar-refractivity contribution in [3.63, 3.8) is 0 Å². The van der Waals surface area contributed by atoms with E-state index in [0.717, 1.165) is 31.2 Å². The number of hydrogen-bond donors (Lipinski definition) is 0. The van der Waals surface area contributed by atoms with Gasteiger partial charge in [-0.1, -0.05) is 47.1 Å². The van der Waals surface area contributed by atoms with Crippen molar-refractivity contribution in [2.45, 2.75) is 91.6 Å². The molecular formula is C24H34O4. The van der Waals surface area contributed by atoms with Crippen LogP contribution in [-0.4, -0.2) is 18.0 Å². The molecule has 0 saturated heterocycles. The van der Waals surface area contributed by atoms with Crippen LogP contribution in [0.15, 0.2) is 12.1 Å². The zero-order valence-electron chi connectivity index (χ0n) is 18.3. The molecule has 28 heavy (non-hydrogen) atoms. The van der Waals surface area contributed by atoms with Gasteiger partial charge in [-0.25, -0.2) is 0 Å². The smallest absolute Gasteiger partial charge is 0.308 e. The van der Waals surface area contributed by atoms with Gasteiger partial charge in [-0.05, 0) is 52.3 Å². The van der Waals surface area contributed by atoms with Crippen LogP contribution in [0.25, 0.3) is 0 Å². The van der Waals surface area contributed by atoms with E-state index in [1.54, 1.807) is 0 Å². The third-order valence-electron chi connectivity index (χ3n) is 6.88. The zero-order chi connectivity index (χ0) is 20.9. The van der Waals surface area contributed by atoms with Crippen molar-refractivity contribution in [2.75, 3.05) is 0 Å². The van der Waals surface area contributed by atoms with E-state index in [1.165, 1.54) is 25.0 Å². The topological polar surface area (TPSA) is 52.6 Å². The van der Waals surface area contributed by atoms with E-state index in [2.05, 4.69) is 46.8 Å². The van der Waals surface area contributed by atoms with Crippen molar-refractivity contribution in [3.8, 4) is 5.75 Å². The zero-order valence-corrected chi connectivity index (χ0v) is 18.3. The molecule has 2 aliphatic carbocycles. The van der Waals surface area contributed by atoms with Gasteiger partial charge in [0.25, 0.3) is 0 Å². The molecule has 1 aromatic rings. The fourth-order valence-electron chi connectivity index (χ4n) is 6.00. The molecule has 0 radical (unpaired) electrons. The van der Waals surface area contributed by atoms with Crippen LogP contribution in [0.3, 0.4) is 0 Å². The molecule has 0 heterocycles. The van der Waals surface area contributed by atoms with Crippen LogP contribution < -0.4 is 4.74 Å². The Kier molecular flexibility index (Phi) is 5.37. The first-order valence-electron chi connectivity index (χ1n) is 10.5. The Balaban J connectivity index is 2.20. The van der Waals surface area contributed by atoms with Crippen molar-refractivity contribution in [2.24, 2.45) is 11.3 Å². The number of carbonyl (C=O) groups excluding carboxylic acids is 2. The summed E-state index contributed by atoms with van der Waals surface area (Å²) in [6.07, 6.45) is 3.91. The number of benzene rings is 1. The first kappa shape index (κ1) is 20.9. The molecule has 3 rings (SSSR count). The second-order valence-electron chi connectivity index (χ2n) is 9.88. The van der Waals surface area contributed by atoms with Crippen molar-refractivity contribution < 1.29 is 19.1 Å². The van der Waals surface area contributed by atoms with Gasteiger partial charge in [0.1, 0.15) is 11.9 Å². The average Bonchev–Trinajstić information content (AvgIpc) is 2.52. The Morgan fingerprint density at radius 2 is 1.75 bits per heavy atom. The lowest BCUT2D eigenvalue weighted by Crippen LogP contribution is -2.55. The maximum absolute atomic E-state index is 11.9. The van der Waals surface area contributed by atoms with Crippen LogP contribution in [0.5, 0.6) is 5.75 Å². The maximum Gasteiger partial charge on any atom is 0.308 e. The van der Waals surface area contributed by atoms with Gasteiger partial charge in [0.2, 0.25) is 0 Å². The molecule has 4 heteroatoms. The molecular weight excluding hydrogens is 352 g/mol.